The van der Waals surface area contributed by atoms with E-state index in [1.165, 1.54) is 13.2 Å². The average Bonchev–Trinajstić information content (AvgIpc) is 2.56. The van der Waals surface area contributed by atoms with Gasteiger partial charge in [-0.05, 0) is 47.8 Å². The average molecular weight is 419 g/mol. The first-order valence-electron chi connectivity index (χ1n) is 10.6. The summed E-state index contributed by atoms with van der Waals surface area (Å²) in [5, 5.41) is 12.5. The number of methoxy groups -OCH3 is 1. The molecule has 2 aliphatic rings. The van der Waals surface area contributed by atoms with Crippen molar-refractivity contribution in [3.63, 3.8) is 0 Å². The molecule has 1 aliphatic heterocycles. The molecule has 166 valence electrons. The predicted octanol–water partition coefficient (Wildman–Crippen LogP) is 3.69. The van der Waals surface area contributed by atoms with Crippen molar-refractivity contribution < 1.29 is 24.2 Å². The number of carbonyl (C=O) groups excluding carboxylic acids is 2. The topological polar surface area (TPSA) is 88.1 Å². The summed E-state index contributed by atoms with van der Waals surface area (Å²) in [4.78, 5) is 26.5. The molecular weight excluding hydrogens is 384 g/mol. The molecule has 2 fully saturated rings. The Morgan fingerprint density at radius 1 is 1.17 bits per heavy atom. The predicted molar refractivity (Wildman–Crippen MR) is 113 cm³/mol. The number of hydrogen-bond donors (Lipinski definition) is 2. The number of carbonyl (C=O) groups is 2. The molecule has 0 bridgehead atoms. The van der Waals surface area contributed by atoms with Crippen molar-refractivity contribution in [2.75, 3.05) is 20.2 Å². The Balaban J connectivity index is 1.44. The smallest absolute Gasteiger partial charge is 0.410 e. The van der Waals surface area contributed by atoms with Crippen molar-refractivity contribution >= 4 is 12.0 Å². The monoisotopic (exact) mass is 418 g/mol. The number of phenols is 1. The molecule has 30 heavy (non-hydrogen) atoms. The quantitative estimate of drug-likeness (QED) is 0.761. The molecule has 7 nitrogen and oxygen atoms in total. The van der Waals surface area contributed by atoms with E-state index in [9.17, 15) is 14.7 Å². The second-order valence-electron chi connectivity index (χ2n) is 10.2. The first-order chi connectivity index (χ1) is 14.0. The van der Waals surface area contributed by atoms with Gasteiger partial charge in [-0.25, -0.2) is 4.79 Å². The van der Waals surface area contributed by atoms with Crippen LogP contribution in [0.3, 0.4) is 0 Å². The maximum atomic E-state index is 12.5. The van der Waals surface area contributed by atoms with Crippen molar-refractivity contribution in [3.8, 4) is 11.5 Å². The molecule has 2 N–H and O–H groups in total. The van der Waals surface area contributed by atoms with Crippen LogP contribution in [-0.2, 0) is 16.1 Å². The number of ether oxygens (including phenoxy) is 2. The number of benzene rings is 1. The van der Waals surface area contributed by atoms with Gasteiger partial charge in [0.05, 0.1) is 13.0 Å². The molecule has 0 atom stereocenters. The highest BCUT2D eigenvalue weighted by atomic mass is 16.6. The van der Waals surface area contributed by atoms with E-state index in [1.807, 2.05) is 0 Å². The summed E-state index contributed by atoms with van der Waals surface area (Å²) < 4.78 is 10.9. The largest absolute Gasteiger partial charge is 0.504 e. The Labute approximate surface area is 178 Å². The van der Waals surface area contributed by atoms with Crippen LogP contribution in [0.4, 0.5) is 4.79 Å². The van der Waals surface area contributed by atoms with Gasteiger partial charge in [0.25, 0.3) is 0 Å². The lowest BCUT2D eigenvalue weighted by Crippen LogP contribution is -2.56. The molecule has 2 amide bonds. The van der Waals surface area contributed by atoms with Gasteiger partial charge >= 0.3 is 6.09 Å². The highest BCUT2D eigenvalue weighted by Gasteiger charge is 2.42. The van der Waals surface area contributed by atoms with Crippen LogP contribution in [0.15, 0.2) is 18.2 Å². The third-order valence-electron chi connectivity index (χ3n) is 6.01. The van der Waals surface area contributed by atoms with Crippen molar-refractivity contribution in [3.05, 3.63) is 23.8 Å². The van der Waals surface area contributed by atoms with Gasteiger partial charge in [-0.1, -0.05) is 33.8 Å². The lowest BCUT2D eigenvalue weighted by atomic mass is 9.64. The van der Waals surface area contributed by atoms with Crippen LogP contribution in [0.5, 0.6) is 11.5 Å². The number of hydrogen-bond acceptors (Lipinski definition) is 5. The number of rotatable bonds is 5. The summed E-state index contributed by atoms with van der Waals surface area (Å²) in [5.74, 6) is 0.112. The second kappa shape index (κ2) is 8.36. The van der Waals surface area contributed by atoms with E-state index in [2.05, 4.69) is 33.0 Å². The van der Waals surface area contributed by atoms with Crippen LogP contribution in [0.2, 0.25) is 0 Å². The molecular formula is C23H34N2O5. The first kappa shape index (κ1) is 22.2. The number of aromatic hydroxyl groups is 1. The fourth-order valence-corrected chi connectivity index (χ4v) is 5.00. The summed E-state index contributed by atoms with van der Waals surface area (Å²) in [6.45, 7) is 9.99. The van der Waals surface area contributed by atoms with Crippen LogP contribution < -0.4 is 10.1 Å². The highest BCUT2D eigenvalue weighted by molar-refractivity contribution is 5.82. The Kier molecular flexibility index (Phi) is 6.20. The first-order valence-corrected chi connectivity index (χ1v) is 10.6. The molecule has 0 spiro atoms. The third kappa shape index (κ3) is 5.37. The van der Waals surface area contributed by atoms with Gasteiger partial charge in [0, 0.05) is 19.6 Å². The van der Waals surface area contributed by atoms with Gasteiger partial charge in [-0.3, -0.25) is 4.79 Å². The second-order valence-corrected chi connectivity index (χ2v) is 10.2. The fourth-order valence-electron chi connectivity index (χ4n) is 5.00. The number of phenolic OH excluding ortho intramolecular Hbond substituents is 1. The van der Waals surface area contributed by atoms with E-state index in [4.69, 9.17) is 9.47 Å². The van der Waals surface area contributed by atoms with Crippen LogP contribution in [-0.4, -0.2) is 48.3 Å². The van der Waals surface area contributed by atoms with Crippen molar-refractivity contribution in [2.24, 2.45) is 16.7 Å². The van der Waals surface area contributed by atoms with Crippen LogP contribution in [0.1, 0.15) is 52.5 Å². The zero-order valence-electron chi connectivity index (χ0n) is 18.7. The van der Waals surface area contributed by atoms with E-state index in [0.717, 1.165) is 24.8 Å². The lowest BCUT2D eigenvalue weighted by molar-refractivity contribution is -0.129. The van der Waals surface area contributed by atoms with E-state index >= 15 is 0 Å². The minimum Gasteiger partial charge on any atom is -0.504 e. The van der Waals surface area contributed by atoms with Crippen molar-refractivity contribution in [1.29, 1.82) is 0 Å². The van der Waals surface area contributed by atoms with E-state index < -0.39 is 0 Å². The molecule has 3 rings (SSSR count). The van der Waals surface area contributed by atoms with E-state index in [1.54, 1.807) is 17.0 Å². The molecule has 1 heterocycles. The van der Waals surface area contributed by atoms with Gasteiger partial charge in [0.15, 0.2) is 11.5 Å². The fraction of sp³-hybridized carbons (Fsp3) is 0.652. The third-order valence-corrected chi connectivity index (χ3v) is 6.01. The summed E-state index contributed by atoms with van der Waals surface area (Å²) >= 11 is 0. The van der Waals surface area contributed by atoms with Gasteiger partial charge in [0.1, 0.15) is 6.10 Å². The number of nitrogens with zero attached hydrogens (tertiary/aromatic N) is 1. The van der Waals surface area contributed by atoms with Crippen LogP contribution in [0, 0.1) is 16.7 Å². The summed E-state index contributed by atoms with van der Waals surface area (Å²) in [6, 6.07) is 4.96. The minimum absolute atomic E-state index is 0.0606. The molecule has 0 radical (unpaired) electrons. The SMILES string of the molecule is COc1cc(CNC(=O)C2CN(C(=O)OC3CC(C)(C)CC(C)(C)C3)C2)ccc1O. The van der Waals surface area contributed by atoms with Crippen molar-refractivity contribution in [1.82, 2.24) is 10.2 Å². The minimum atomic E-state index is -0.319. The summed E-state index contributed by atoms with van der Waals surface area (Å²) in [6.07, 6.45) is 2.47. The molecule has 0 aromatic heterocycles. The maximum Gasteiger partial charge on any atom is 0.410 e. The van der Waals surface area contributed by atoms with Gasteiger partial charge < -0.3 is 24.8 Å². The normalized spacial score (nSPS) is 20.9. The number of nitrogens with one attached hydrogen (secondary N) is 1. The summed E-state index contributed by atoms with van der Waals surface area (Å²) in [7, 11) is 1.48. The number of amides is 2. The van der Waals surface area contributed by atoms with Gasteiger partial charge in [-0.15, -0.1) is 0 Å². The van der Waals surface area contributed by atoms with Crippen LogP contribution in [0.25, 0.3) is 0 Å². The molecule has 1 saturated heterocycles. The Morgan fingerprint density at radius 3 is 2.40 bits per heavy atom. The molecule has 1 aromatic carbocycles. The maximum absolute atomic E-state index is 12.5. The highest BCUT2D eigenvalue weighted by Crippen LogP contribution is 2.46. The number of likely N-dealkylation sites (tertiary alicyclic amines) is 1. The molecule has 1 aliphatic carbocycles. The zero-order chi connectivity index (χ0) is 22.1. The van der Waals surface area contributed by atoms with Gasteiger partial charge in [-0.2, -0.15) is 0 Å². The van der Waals surface area contributed by atoms with E-state index in [0.29, 0.717) is 25.4 Å². The zero-order valence-corrected chi connectivity index (χ0v) is 18.7. The van der Waals surface area contributed by atoms with E-state index in [-0.39, 0.29) is 40.6 Å². The Morgan fingerprint density at radius 2 is 1.80 bits per heavy atom. The molecule has 0 unspecified atom stereocenters. The lowest BCUT2D eigenvalue weighted by Gasteiger charge is -2.45. The standard InChI is InChI=1S/C23H34N2O5/c1-22(2)9-17(10-23(3,4)14-22)30-21(28)25-12-16(13-25)20(27)24-11-15-6-7-18(26)19(8-15)29-5/h6-8,16-17,26H,9-14H2,1-5H3,(H,24,27). The molecule has 1 aromatic rings. The molecule has 1 saturated carbocycles. The Hall–Kier alpha value is -2.44. The summed E-state index contributed by atoms with van der Waals surface area (Å²) in [5.41, 5.74) is 1.14. The van der Waals surface area contributed by atoms with Crippen LogP contribution >= 0.6 is 0 Å². The Bertz CT molecular complexity index is 783. The van der Waals surface area contributed by atoms with Gasteiger partial charge in [0.2, 0.25) is 5.91 Å². The van der Waals surface area contributed by atoms with Crippen molar-refractivity contribution in [2.45, 2.75) is 59.6 Å². The molecule has 7 heteroatoms.